The number of carbonyl (C=O) groups excluding carboxylic acids is 1. The number of fused-ring (bicyclic) bond motifs is 1. The lowest BCUT2D eigenvalue weighted by Crippen LogP contribution is -2.31. The Morgan fingerprint density at radius 2 is 2.09 bits per heavy atom. The molecule has 0 saturated heterocycles. The number of hydrogen-bond donors (Lipinski definition) is 1. The van der Waals surface area contributed by atoms with Crippen LogP contribution in [0.25, 0.3) is 0 Å². The van der Waals surface area contributed by atoms with Gasteiger partial charge in [-0.05, 0) is 48.6 Å². The van der Waals surface area contributed by atoms with Crippen LogP contribution < -0.4 is 10.1 Å². The maximum absolute atomic E-state index is 13.7. The van der Waals surface area contributed by atoms with Crippen molar-refractivity contribution in [3.63, 3.8) is 0 Å². The molecular formula is C18H18FNO2. The van der Waals surface area contributed by atoms with Gasteiger partial charge < -0.3 is 10.1 Å². The number of rotatable bonds is 3. The van der Waals surface area contributed by atoms with Gasteiger partial charge in [-0.25, -0.2) is 4.39 Å². The quantitative estimate of drug-likeness (QED) is 0.939. The van der Waals surface area contributed by atoms with Crippen molar-refractivity contribution < 1.29 is 13.9 Å². The SMILES string of the molecule is COc1ccc(C(=O)N[C@H]2CCCc3ccccc32)cc1F. The molecule has 2 aromatic carbocycles. The van der Waals surface area contributed by atoms with E-state index in [1.807, 2.05) is 18.2 Å². The molecule has 1 aliphatic carbocycles. The number of carbonyl (C=O) groups is 1. The lowest BCUT2D eigenvalue weighted by atomic mass is 9.87. The summed E-state index contributed by atoms with van der Waals surface area (Å²) in [5, 5.41) is 3.01. The highest BCUT2D eigenvalue weighted by atomic mass is 19.1. The Morgan fingerprint density at radius 1 is 1.27 bits per heavy atom. The molecule has 0 heterocycles. The molecule has 1 atom stereocenters. The Balaban J connectivity index is 1.79. The second-order valence-corrected chi connectivity index (χ2v) is 5.47. The van der Waals surface area contributed by atoms with Gasteiger partial charge in [0.15, 0.2) is 11.6 Å². The van der Waals surface area contributed by atoms with Gasteiger partial charge in [-0.1, -0.05) is 24.3 Å². The average Bonchev–Trinajstić information content (AvgIpc) is 2.55. The van der Waals surface area contributed by atoms with E-state index in [0.29, 0.717) is 5.56 Å². The molecule has 3 nitrogen and oxygen atoms in total. The highest BCUT2D eigenvalue weighted by Crippen LogP contribution is 2.29. The van der Waals surface area contributed by atoms with Crippen LogP contribution in [0, 0.1) is 5.82 Å². The van der Waals surface area contributed by atoms with Gasteiger partial charge in [0.2, 0.25) is 0 Å². The minimum atomic E-state index is -0.529. The van der Waals surface area contributed by atoms with E-state index < -0.39 is 5.82 Å². The van der Waals surface area contributed by atoms with E-state index >= 15 is 0 Å². The standard InChI is InChI=1S/C18H18FNO2/c1-22-17-10-9-13(11-15(17)19)18(21)20-16-8-4-6-12-5-2-3-7-14(12)16/h2-3,5,7,9-11,16H,4,6,8H2,1H3,(H,20,21)/t16-/m0/s1. The predicted octanol–water partition coefficient (Wildman–Crippen LogP) is 3.64. The normalized spacial score (nSPS) is 16.7. The third-order valence-electron chi connectivity index (χ3n) is 4.09. The smallest absolute Gasteiger partial charge is 0.251 e. The van der Waals surface area contributed by atoms with Crippen molar-refractivity contribution in [1.82, 2.24) is 5.32 Å². The molecule has 0 saturated carbocycles. The molecule has 2 aromatic rings. The van der Waals surface area contributed by atoms with Crippen LogP contribution in [0.15, 0.2) is 42.5 Å². The zero-order chi connectivity index (χ0) is 15.5. The molecule has 0 aliphatic heterocycles. The Morgan fingerprint density at radius 3 is 2.86 bits per heavy atom. The number of aryl methyl sites for hydroxylation is 1. The second-order valence-electron chi connectivity index (χ2n) is 5.47. The molecule has 22 heavy (non-hydrogen) atoms. The number of hydrogen-bond acceptors (Lipinski definition) is 2. The lowest BCUT2D eigenvalue weighted by Gasteiger charge is -2.26. The predicted molar refractivity (Wildman–Crippen MR) is 82.5 cm³/mol. The molecule has 0 spiro atoms. The molecule has 1 N–H and O–H groups in total. The van der Waals surface area contributed by atoms with Crippen molar-refractivity contribution in [3.8, 4) is 5.75 Å². The maximum atomic E-state index is 13.7. The van der Waals surface area contributed by atoms with E-state index in [0.717, 1.165) is 24.8 Å². The zero-order valence-electron chi connectivity index (χ0n) is 12.4. The first-order valence-corrected chi connectivity index (χ1v) is 7.41. The Labute approximate surface area is 129 Å². The molecule has 0 unspecified atom stereocenters. The summed E-state index contributed by atoms with van der Waals surface area (Å²) in [5.74, 6) is -0.651. The summed E-state index contributed by atoms with van der Waals surface area (Å²) >= 11 is 0. The summed E-state index contributed by atoms with van der Waals surface area (Å²) in [7, 11) is 1.40. The van der Waals surface area contributed by atoms with Gasteiger partial charge in [-0.3, -0.25) is 4.79 Å². The van der Waals surface area contributed by atoms with Crippen LogP contribution in [-0.2, 0) is 6.42 Å². The molecule has 4 heteroatoms. The van der Waals surface area contributed by atoms with Crippen molar-refractivity contribution in [2.45, 2.75) is 25.3 Å². The lowest BCUT2D eigenvalue weighted by molar-refractivity contribution is 0.0932. The van der Waals surface area contributed by atoms with Crippen molar-refractivity contribution in [2.24, 2.45) is 0 Å². The molecule has 3 rings (SSSR count). The highest BCUT2D eigenvalue weighted by molar-refractivity contribution is 5.94. The van der Waals surface area contributed by atoms with Crippen LogP contribution in [0.1, 0.15) is 40.4 Å². The first-order chi connectivity index (χ1) is 10.7. The van der Waals surface area contributed by atoms with Crippen LogP contribution in [-0.4, -0.2) is 13.0 Å². The van der Waals surface area contributed by atoms with Gasteiger partial charge in [0.1, 0.15) is 0 Å². The Bertz CT molecular complexity index is 699. The van der Waals surface area contributed by atoms with Gasteiger partial charge in [-0.2, -0.15) is 0 Å². The fraction of sp³-hybridized carbons (Fsp3) is 0.278. The number of benzene rings is 2. The van der Waals surface area contributed by atoms with E-state index in [2.05, 4.69) is 11.4 Å². The minimum Gasteiger partial charge on any atom is -0.494 e. The number of ether oxygens (including phenoxy) is 1. The molecule has 0 fully saturated rings. The fourth-order valence-electron chi connectivity index (χ4n) is 2.95. The summed E-state index contributed by atoms with van der Waals surface area (Å²) in [6.45, 7) is 0. The van der Waals surface area contributed by atoms with E-state index in [1.54, 1.807) is 6.07 Å². The Hall–Kier alpha value is -2.36. The monoisotopic (exact) mass is 299 g/mol. The fourth-order valence-corrected chi connectivity index (χ4v) is 2.95. The molecule has 0 aromatic heterocycles. The maximum Gasteiger partial charge on any atom is 0.251 e. The average molecular weight is 299 g/mol. The van der Waals surface area contributed by atoms with E-state index in [-0.39, 0.29) is 17.7 Å². The van der Waals surface area contributed by atoms with Crippen LogP contribution in [0.3, 0.4) is 0 Å². The van der Waals surface area contributed by atoms with E-state index in [4.69, 9.17) is 4.74 Å². The Kier molecular flexibility index (Phi) is 4.09. The van der Waals surface area contributed by atoms with Gasteiger partial charge in [0.05, 0.1) is 13.2 Å². The van der Waals surface area contributed by atoms with Crippen molar-refractivity contribution in [1.29, 1.82) is 0 Å². The number of amides is 1. The van der Waals surface area contributed by atoms with Crippen LogP contribution in [0.5, 0.6) is 5.75 Å². The summed E-state index contributed by atoms with van der Waals surface area (Å²) in [6.07, 6.45) is 2.99. The van der Waals surface area contributed by atoms with Crippen LogP contribution in [0.2, 0.25) is 0 Å². The van der Waals surface area contributed by atoms with Crippen LogP contribution >= 0.6 is 0 Å². The number of nitrogens with one attached hydrogen (secondary N) is 1. The third-order valence-corrected chi connectivity index (χ3v) is 4.09. The summed E-state index contributed by atoms with van der Waals surface area (Å²) < 4.78 is 18.6. The molecule has 1 amide bonds. The van der Waals surface area contributed by atoms with E-state index in [9.17, 15) is 9.18 Å². The topological polar surface area (TPSA) is 38.3 Å². The second kappa shape index (κ2) is 6.18. The summed E-state index contributed by atoms with van der Waals surface area (Å²) in [5.41, 5.74) is 2.75. The summed E-state index contributed by atoms with van der Waals surface area (Å²) in [4.78, 5) is 12.4. The van der Waals surface area contributed by atoms with E-state index in [1.165, 1.54) is 24.8 Å². The number of halogens is 1. The first-order valence-electron chi connectivity index (χ1n) is 7.41. The molecule has 1 aliphatic rings. The molecule has 0 bridgehead atoms. The largest absolute Gasteiger partial charge is 0.494 e. The summed E-state index contributed by atoms with van der Waals surface area (Å²) in [6, 6.07) is 12.4. The van der Waals surface area contributed by atoms with Crippen molar-refractivity contribution in [3.05, 3.63) is 65.0 Å². The van der Waals surface area contributed by atoms with Gasteiger partial charge >= 0.3 is 0 Å². The van der Waals surface area contributed by atoms with Gasteiger partial charge in [0.25, 0.3) is 5.91 Å². The third kappa shape index (κ3) is 2.82. The van der Waals surface area contributed by atoms with Crippen LogP contribution in [0.4, 0.5) is 4.39 Å². The molecule has 114 valence electrons. The number of methoxy groups -OCH3 is 1. The molecule has 0 radical (unpaired) electrons. The zero-order valence-corrected chi connectivity index (χ0v) is 12.4. The van der Waals surface area contributed by atoms with Gasteiger partial charge in [-0.15, -0.1) is 0 Å². The van der Waals surface area contributed by atoms with Gasteiger partial charge in [0, 0.05) is 5.56 Å². The minimum absolute atomic E-state index is 0.0115. The first kappa shape index (κ1) is 14.6. The van der Waals surface area contributed by atoms with Crippen molar-refractivity contribution in [2.75, 3.05) is 7.11 Å². The molecular weight excluding hydrogens is 281 g/mol. The highest BCUT2D eigenvalue weighted by Gasteiger charge is 2.22. The van der Waals surface area contributed by atoms with Crippen molar-refractivity contribution >= 4 is 5.91 Å².